The number of halogens is 3. The van der Waals surface area contributed by atoms with Gasteiger partial charge in [0.2, 0.25) is 11.8 Å². The first-order valence-electron chi connectivity index (χ1n) is 8.68. The van der Waals surface area contributed by atoms with Crippen molar-refractivity contribution in [2.45, 2.75) is 26.4 Å². The molecule has 0 atom stereocenters. The minimum absolute atomic E-state index is 0.0512. The molecule has 0 bridgehead atoms. The van der Waals surface area contributed by atoms with E-state index in [-0.39, 0.29) is 24.6 Å². The van der Waals surface area contributed by atoms with Gasteiger partial charge in [-0.3, -0.25) is 9.59 Å². The number of benzene rings is 2. The lowest BCUT2D eigenvalue weighted by Gasteiger charge is -2.21. The number of alkyl halides is 3. The van der Waals surface area contributed by atoms with Crippen molar-refractivity contribution in [3.05, 3.63) is 54.1 Å². The van der Waals surface area contributed by atoms with Crippen molar-refractivity contribution in [2.24, 2.45) is 0 Å². The van der Waals surface area contributed by atoms with E-state index in [1.165, 1.54) is 24.0 Å². The van der Waals surface area contributed by atoms with Gasteiger partial charge in [-0.05, 0) is 49.4 Å². The normalized spacial score (nSPS) is 11.0. The summed E-state index contributed by atoms with van der Waals surface area (Å²) in [4.78, 5) is 25.5. The predicted molar refractivity (Wildman–Crippen MR) is 100 cm³/mol. The van der Waals surface area contributed by atoms with Gasteiger partial charge < -0.3 is 15.0 Å². The molecule has 0 saturated carbocycles. The Morgan fingerprint density at radius 1 is 1.11 bits per heavy atom. The smallest absolute Gasteiger partial charge is 0.416 e. The third-order valence-corrected chi connectivity index (χ3v) is 3.88. The molecule has 0 radical (unpaired) electrons. The molecule has 0 aliphatic carbocycles. The Morgan fingerprint density at radius 3 is 2.36 bits per heavy atom. The van der Waals surface area contributed by atoms with Crippen LogP contribution in [0.2, 0.25) is 0 Å². The summed E-state index contributed by atoms with van der Waals surface area (Å²) in [5, 5.41) is 2.43. The standard InChI is InChI=1S/C20H21F3N2O3/c1-3-28-18-9-7-17(8-10-18)25(14(2)26)12-11-19(27)24-16-6-4-5-15(13-16)20(21,22)23/h4-10,13H,3,11-12H2,1-2H3,(H,24,27). The minimum atomic E-state index is -4.49. The number of amides is 2. The van der Waals surface area contributed by atoms with Crippen molar-refractivity contribution < 1.29 is 27.5 Å². The lowest BCUT2D eigenvalue weighted by molar-refractivity contribution is -0.137. The first kappa shape index (κ1) is 21.3. The topological polar surface area (TPSA) is 58.6 Å². The Kier molecular flexibility index (Phi) is 7.03. The highest BCUT2D eigenvalue weighted by molar-refractivity contribution is 5.94. The second-order valence-electron chi connectivity index (χ2n) is 5.97. The summed E-state index contributed by atoms with van der Waals surface area (Å²) in [5.41, 5.74) is -0.192. The van der Waals surface area contributed by atoms with Crippen LogP contribution in [-0.2, 0) is 15.8 Å². The molecule has 28 heavy (non-hydrogen) atoms. The number of carbonyl (C=O) groups excluding carboxylic acids is 2. The average Bonchev–Trinajstić information content (AvgIpc) is 2.62. The highest BCUT2D eigenvalue weighted by atomic mass is 19.4. The minimum Gasteiger partial charge on any atom is -0.494 e. The molecule has 150 valence electrons. The molecule has 2 amide bonds. The molecule has 0 spiro atoms. The maximum atomic E-state index is 12.7. The molecule has 1 N–H and O–H groups in total. The zero-order valence-electron chi connectivity index (χ0n) is 15.5. The van der Waals surface area contributed by atoms with Gasteiger partial charge in [0.15, 0.2) is 0 Å². The molecule has 5 nitrogen and oxygen atoms in total. The maximum Gasteiger partial charge on any atom is 0.416 e. The molecule has 0 fully saturated rings. The Labute approximate surface area is 161 Å². The monoisotopic (exact) mass is 394 g/mol. The van der Waals surface area contributed by atoms with Crippen molar-refractivity contribution >= 4 is 23.2 Å². The molecular weight excluding hydrogens is 373 g/mol. The van der Waals surface area contributed by atoms with E-state index in [4.69, 9.17) is 4.74 Å². The lowest BCUT2D eigenvalue weighted by Crippen LogP contribution is -2.31. The summed E-state index contributed by atoms with van der Waals surface area (Å²) in [5.74, 6) is -0.0791. The lowest BCUT2D eigenvalue weighted by atomic mass is 10.2. The van der Waals surface area contributed by atoms with Crippen molar-refractivity contribution in [2.75, 3.05) is 23.4 Å². The van der Waals surface area contributed by atoms with Gasteiger partial charge >= 0.3 is 6.18 Å². The Morgan fingerprint density at radius 2 is 1.79 bits per heavy atom. The molecular formula is C20H21F3N2O3. The van der Waals surface area contributed by atoms with E-state index in [0.717, 1.165) is 12.1 Å². The number of nitrogens with one attached hydrogen (secondary N) is 1. The van der Waals surface area contributed by atoms with Crippen LogP contribution in [0.5, 0.6) is 5.75 Å². The summed E-state index contributed by atoms with van der Waals surface area (Å²) in [6, 6.07) is 11.2. The van der Waals surface area contributed by atoms with Gasteiger partial charge in [0.05, 0.1) is 12.2 Å². The van der Waals surface area contributed by atoms with Crippen LogP contribution in [0.3, 0.4) is 0 Å². The third-order valence-electron chi connectivity index (χ3n) is 3.88. The number of ether oxygens (including phenoxy) is 1. The Hall–Kier alpha value is -3.03. The number of hydrogen-bond acceptors (Lipinski definition) is 3. The van der Waals surface area contributed by atoms with Crippen LogP contribution in [0.1, 0.15) is 25.8 Å². The summed E-state index contributed by atoms with van der Waals surface area (Å²) in [7, 11) is 0. The van der Waals surface area contributed by atoms with Crippen LogP contribution in [-0.4, -0.2) is 25.0 Å². The van der Waals surface area contributed by atoms with Crippen LogP contribution < -0.4 is 15.0 Å². The van der Waals surface area contributed by atoms with E-state index < -0.39 is 17.6 Å². The van der Waals surface area contributed by atoms with Crippen molar-refractivity contribution in [1.29, 1.82) is 0 Å². The van der Waals surface area contributed by atoms with Gasteiger partial charge in [-0.25, -0.2) is 0 Å². The van der Waals surface area contributed by atoms with Crippen LogP contribution >= 0.6 is 0 Å². The quantitative estimate of drug-likeness (QED) is 0.753. The number of hydrogen-bond donors (Lipinski definition) is 1. The summed E-state index contributed by atoms with van der Waals surface area (Å²) in [6.45, 7) is 3.85. The van der Waals surface area contributed by atoms with E-state index in [9.17, 15) is 22.8 Å². The number of nitrogens with zero attached hydrogens (tertiary/aromatic N) is 1. The number of carbonyl (C=O) groups is 2. The Balaban J connectivity index is 2.00. The molecule has 2 rings (SSSR count). The molecule has 8 heteroatoms. The fraction of sp³-hybridized carbons (Fsp3) is 0.300. The second-order valence-corrected chi connectivity index (χ2v) is 5.97. The third kappa shape index (κ3) is 6.00. The first-order valence-corrected chi connectivity index (χ1v) is 8.68. The van der Waals surface area contributed by atoms with Crippen LogP contribution in [0.15, 0.2) is 48.5 Å². The molecule has 2 aromatic rings. The molecule has 0 unspecified atom stereocenters. The van der Waals surface area contributed by atoms with E-state index in [1.807, 2.05) is 6.92 Å². The first-order chi connectivity index (χ1) is 13.2. The van der Waals surface area contributed by atoms with Crippen molar-refractivity contribution in [3.8, 4) is 5.75 Å². The molecule has 2 aromatic carbocycles. The molecule has 0 aliphatic rings. The molecule has 0 heterocycles. The van der Waals surface area contributed by atoms with Crippen LogP contribution in [0.4, 0.5) is 24.5 Å². The maximum absolute atomic E-state index is 12.7. The molecule has 0 aromatic heterocycles. The van der Waals surface area contributed by atoms with E-state index in [0.29, 0.717) is 18.0 Å². The zero-order valence-corrected chi connectivity index (χ0v) is 15.5. The van der Waals surface area contributed by atoms with Gasteiger partial charge in [-0.2, -0.15) is 13.2 Å². The van der Waals surface area contributed by atoms with E-state index in [1.54, 1.807) is 24.3 Å². The molecule has 0 saturated heterocycles. The average molecular weight is 394 g/mol. The zero-order chi connectivity index (χ0) is 20.7. The summed E-state index contributed by atoms with van der Waals surface area (Å²) < 4.78 is 43.6. The van der Waals surface area contributed by atoms with Gasteiger partial charge in [0.1, 0.15) is 5.75 Å². The van der Waals surface area contributed by atoms with E-state index in [2.05, 4.69) is 5.32 Å². The van der Waals surface area contributed by atoms with Gasteiger partial charge in [0, 0.05) is 31.3 Å². The van der Waals surface area contributed by atoms with Crippen LogP contribution in [0, 0.1) is 0 Å². The highest BCUT2D eigenvalue weighted by Crippen LogP contribution is 2.30. The van der Waals surface area contributed by atoms with Gasteiger partial charge in [-0.15, -0.1) is 0 Å². The molecule has 0 aliphatic heterocycles. The van der Waals surface area contributed by atoms with Gasteiger partial charge in [-0.1, -0.05) is 6.07 Å². The summed E-state index contributed by atoms with van der Waals surface area (Å²) >= 11 is 0. The fourth-order valence-corrected chi connectivity index (χ4v) is 2.57. The second kappa shape index (κ2) is 9.25. The van der Waals surface area contributed by atoms with Gasteiger partial charge in [0.25, 0.3) is 0 Å². The van der Waals surface area contributed by atoms with Crippen molar-refractivity contribution in [1.82, 2.24) is 0 Å². The Bertz CT molecular complexity index is 820. The summed E-state index contributed by atoms with van der Waals surface area (Å²) in [6.07, 6.45) is -4.55. The number of anilines is 2. The van der Waals surface area contributed by atoms with Crippen LogP contribution in [0.25, 0.3) is 0 Å². The number of rotatable bonds is 7. The SMILES string of the molecule is CCOc1ccc(N(CCC(=O)Nc2cccc(C(F)(F)F)c2)C(C)=O)cc1. The van der Waals surface area contributed by atoms with E-state index >= 15 is 0 Å². The predicted octanol–water partition coefficient (Wildman–Crippen LogP) is 4.49. The largest absolute Gasteiger partial charge is 0.494 e. The van der Waals surface area contributed by atoms with Crippen molar-refractivity contribution in [3.63, 3.8) is 0 Å². The highest BCUT2D eigenvalue weighted by Gasteiger charge is 2.30. The fourth-order valence-electron chi connectivity index (χ4n) is 2.57.